The first-order valence-electron chi connectivity index (χ1n) is 10.3. The summed E-state index contributed by atoms with van der Waals surface area (Å²) in [7, 11) is 3.66. The smallest absolute Gasteiger partial charge is 0.255 e. The number of fused-ring (bicyclic) bond motifs is 2. The number of hydrogen-bond acceptors (Lipinski definition) is 6. The molecule has 0 unspecified atom stereocenters. The molecule has 5 rings (SSSR count). The van der Waals surface area contributed by atoms with Crippen molar-refractivity contribution in [1.82, 2.24) is 20.3 Å². The van der Waals surface area contributed by atoms with E-state index >= 15 is 0 Å². The monoisotopic (exact) mass is 419 g/mol. The maximum Gasteiger partial charge on any atom is 0.255 e. The zero-order valence-corrected chi connectivity index (χ0v) is 18.1. The van der Waals surface area contributed by atoms with Gasteiger partial charge in [-0.2, -0.15) is 0 Å². The number of carbonyl (C=O) groups excluding carboxylic acids is 1. The fraction of sp³-hybridized carbons (Fsp3) is 0.348. The number of methoxy groups -OCH3 is 1. The molecule has 1 amide bonds. The summed E-state index contributed by atoms with van der Waals surface area (Å²) in [4.78, 5) is 27.4. The predicted molar refractivity (Wildman–Crippen MR) is 119 cm³/mol. The summed E-state index contributed by atoms with van der Waals surface area (Å²) < 4.78 is 11.1. The highest BCUT2D eigenvalue weighted by Crippen LogP contribution is 2.44. The normalized spacial score (nSPS) is 14.7. The molecule has 4 aromatic rings. The second-order valence-corrected chi connectivity index (χ2v) is 8.40. The maximum atomic E-state index is 13.2. The van der Waals surface area contributed by atoms with Crippen molar-refractivity contribution in [1.29, 1.82) is 0 Å². The molecule has 1 aliphatic rings. The van der Waals surface area contributed by atoms with Crippen LogP contribution in [0.25, 0.3) is 22.0 Å². The Kier molecular flexibility index (Phi) is 4.39. The Morgan fingerprint density at radius 3 is 2.87 bits per heavy atom. The van der Waals surface area contributed by atoms with Crippen LogP contribution in [0.2, 0.25) is 0 Å². The SMILES string of the molecule is COc1ccc2[nH]c(CNC(=O)c3c(C)oc4ncnc(N(C)C5(C)CC5)c34)cc2c1. The van der Waals surface area contributed by atoms with Gasteiger partial charge in [0.2, 0.25) is 5.71 Å². The van der Waals surface area contributed by atoms with E-state index in [1.807, 2.05) is 31.3 Å². The minimum Gasteiger partial charge on any atom is -0.497 e. The Morgan fingerprint density at radius 1 is 1.32 bits per heavy atom. The molecule has 0 saturated heterocycles. The van der Waals surface area contributed by atoms with Crippen molar-refractivity contribution in [3.05, 3.63) is 47.6 Å². The molecule has 1 aliphatic carbocycles. The highest BCUT2D eigenvalue weighted by atomic mass is 16.5. The van der Waals surface area contributed by atoms with E-state index in [9.17, 15) is 4.79 Å². The lowest BCUT2D eigenvalue weighted by atomic mass is 10.1. The number of aryl methyl sites for hydroxylation is 1. The van der Waals surface area contributed by atoms with Gasteiger partial charge in [-0.15, -0.1) is 0 Å². The largest absolute Gasteiger partial charge is 0.497 e. The third-order valence-electron chi connectivity index (χ3n) is 6.30. The Bertz CT molecular complexity index is 1300. The molecule has 0 spiro atoms. The Labute approximate surface area is 179 Å². The van der Waals surface area contributed by atoms with Gasteiger partial charge in [0.15, 0.2) is 0 Å². The van der Waals surface area contributed by atoms with Gasteiger partial charge in [-0.3, -0.25) is 4.79 Å². The molecule has 0 bridgehead atoms. The molecule has 1 fully saturated rings. The Hall–Kier alpha value is -3.55. The van der Waals surface area contributed by atoms with Crippen molar-refractivity contribution in [3.8, 4) is 5.75 Å². The van der Waals surface area contributed by atoms with E-state index in [2.05, 4.69) is 32.1 Å². The number of carbonyl (C=O) groups is 1. The highest BCUT2D eigenvalue weighted by Gasteiger charge is 2.43. The third kappa shape index (κ3) is 3.28. The van der Waals surface area contributed by atoms with Gasteiger partial charge in [-0.05, 0) is 51.0 Å². The van der Waals surface area contributed by atoms with E-state index in [1.165, 1.54) is 6.33 Å². The lowest BCUT2D eigenvalue weighted by molar-refractivity contribution is 0.0950. The number of H-pyrrole nitrogens is 1. The number of rotatable bonds is 6. The van der Waals surface area contributed by atoms with Gasteiger partial charge in [0, 0.05) is 29.2 Å². The molecule has 3 heterocycles. The number of furan rings is 1. The van der Waals surface area contributed by atoms with Gasteiger partial charge in [0.05, 0.1) is 24.6 Å². The lowest BCUT2D eigenvalue weighted by Gasteiger charge is -2.26. The molecule has 1 saturated carbocycles. The molecule has 0 aliphatic heterocycles. The lowest BCUT2D eigenvalue weighted by Crippen LogP contribution is -2.32. The number of aromatic amines is 1. The number of benzene rings is 1. The van der Waals surface area contributed by atoms with Gasteiger partial charge in [0.25, 0.3) is 5.91 Å². The number of ether oxygens (including phenoxy) is 1. The van der Waals surface area contributed by atoms with Gasteiger partial charge in [0.1, 0.15) is 23.7 Å². The Balaban J connectivity index is 1.44. The summed E-state index contributed by atoms with van der Waals surface area (Å²) in [6.07, 6.45) is 3.68. The molecule has 31 heavy (non-hydrogen) atoms. The fourth-order valence-corrected chi connectivity index (χ4v) is 3.99. The molecule has 0 atom stereocenters. The number of aromatic nitrogens is 3. The van der Waals surface area contributed by atoms with Crippen molar-refractivity contribution in [2.75, 3.05) is 19.1 Å². The number of nitrogens with one attached hydrogen (secondary N) is 2. The average Bonchev–Trinajstić information content (AvgIpc) is 3.24. The topological polar surface area (TPSA) is 96.3 Å². The van der Waals surface area contributed by atoms with Crippen molar-refractivity contribution >= 4 is 33.7 Å². The van der Waals surface area contributed by atoms with Gasteiger partial charge >= 0.3 is 0 Å². The van der Waals surface area contributed by atoms with E-state index in [4.69, 9.17) is 9.15 Å². The minimum absolute atomic E-state index is 0.0611. The van der Waals surface area contributed by atoms with Crippen LogP contribution < -0.4 is 15.0 Å². The van der Waals surface area contributed by atoms with Crippen LogP contribution in [0, 0.1) is 6.92 Å². The molecule has 3 aromatic heterocycles. The first kappa shape index (κ1) is 19.4. The molecule has 160 valence electrons. The second kappa shape index (κ2) is 7.01. The van der Waals surface area contributed by atoms with Crippen LogP contribution in [0.4, 0.5) is 5.82 Å². The standard InChI is InChI=1S/C23H25N5O3/c1-13-18(19-20(25-12-26-22(19)31-13)28(3)23(2)7-8-23)21(29)24-11-15-9-14-10-16(30-4)5-6-17(14)27-15/h5-6,9-10,12,27H,7-8,11H2,1-4H3,(H,24,29). The van der Waals surface area contributed by atoms with Gasteiger partial charge in [-0.25, -0.2) is 9.97 Å². The molecule has 2 N–H and O–H groups in total. The summed E-state index contributed by atoms with van der Waals surface area (Å²) in [5.74, 6) is 1.84. The average molecular weight is 419 g/mol. The van der Waals surface area contributed by atoms with E-state index in [0.717, 1.165) is 41.0 Å². The van der Waals surface area contributed by atoms with Crippen LogP contribution in [-0.2, 0) is 6.54 Å². The summed E-state index contributed by atoms with van der Waals surface area (Å²) in [5.41, 5.74) is 2.87. The molecule has 1 aromatic carbocycles. The molecular weight excluding hydrogens is 394 g/mol. The number of nitrogens with zero attached hydrogens (tertiary/aromatic N) is 3. The van der Waals surface area contributed by atoms with Crippen LogP contribution in [0.15, 0.2) is 35.0 Å². The quantitative estimate of drug-likeness (QED) is 0.491. The van der Waals surface area contributed by atoms with Crippen molar-refractivity contribution in [3.63, 3.8) is 0 Å². The fourth-order valence-electron chi connectivity index (χ4n) is 3.99. The summed E-state index contributed by atoms with van der Waals surface area (Å²) in [5, 5.41) is 4.70. The van der Waals surface area contributed by atoms with E-state index in [0.29, 0.717) is 29.0 Å². The van der Waals surface area contributed by atoms with Crippen LogP contribution >= 0.6 is 0 Å². The molecular formula is C23H25N5O3. The molecule has 8 nitrogen and oxygen atoms in total. The minimum atomic E-state index is -0.210. The van der Waals surface area contributed by atoms with Crippen LogP contribution in [0.3, 0.4) is 0 Å². The van der Waals surface area contributed by atoms with Crippen molar-refractivity contribution in [2.24, 2.45) is 0 Å². The van der Waals surface area contributed by atoms with Gasteiger partial charge < -0.3 is 24.4 Å². The highest BCUT2D eigenvalue weighted by molar-refractivity contribution is 6.10. The van der Waals surface area contributed by atoms with E-state index < -0.39 is 0 Å². The molecule has 8 heteroatoms. The zero-order valence-electron chi connectivity index (χ0n) is 18.1. The van der Waals surface area contributed by atoms with Crippen LogP contribution in [0.5, 0.6) is 5.75 Å². The van der Waals surface area contributed by atoms with Crippen molar-refractivity contribution < 1.29 is 13.9 Å². The van der Waals surface area contributed by atoms with Gasteiger partial charge in [-0.1, -0.05) is 0 Å². The second-order valence-electron chi connectivity index (χ2n) is 8.40. The first-order chi connectivity index (χ1) is 14.9. The zero-order chi connectivity index (χ0) is 21.8. The molecule has 0 radical (unpaired) electrons. The summed E-state index contributed by atoms with van der Waals surface area (Å²) in [6.45, 7) is 4.34. The maximum absolute atomic E-state index is 13.2. The van der Waals surface area contributed by atoms with E-state index in [1.54, 1.807) is 14.0 Å². The van der Waals surface area contributed by atoms with Crippen molar-refractivity contribution in [2.45, 2.75) is 38.8 Å². The third-order valence-corrected chi connectivity index (χ3v) is 6.30. The first-order valence-corrected chi connectivity index (χ1v) is 10.3. The number of anilines is 1. The number of hydrogen-bond donors (Lipinski definition) is 2. The van der Waals surface area contributed by atoms with Crippen LogP contribution in [0.1, 0.15) is 41.6 Å². The van der Waals surface area contributed by atoms with Crippen LogP contribution in [-0.4, -0.2) is 40.6 Å². The van der Waals surface area contributed by atoms with E-state index in [-0.39, 0.29) is 11.4 Å². The summed E-state index contributed by atoms with van der Waals surface area (Å²) in [6, 6.07) is 7.84. The predicted octanol–water partition coefficient (Wildman–Crippen LogP) is 3.94. The summed E-state index contributed by atoms with van der Waals surface area (Å²) >= 11 is 0. The Morgan fingerprint density at radius 2 is 2.13 bits per heavy atom. The number of amides is 1.